The fraction of sp³-hybridized carbons (Fsp3) is 0. The molecule has 10 heavy (non-hydrogen) atoms. The number of nitrogen functional groups attached to an aromatic ring is 1. The van der Waals surface area contributed by atoms with E-state index in [1.807, 2.05) is 0 Å². The number of nitrogens with zero attached hydrogens (tertiary/aromatic N) is 2. The van der Waals surface area contributed by atoms with Crippen molar-refractivity contribution in [3.8, 4) is 0 Å². The summed E-state index contributed by atoms with van der Waals surface area (Å²) in [5.41, 5.74) is 2.36. The van der Waals surface area contributed by atoms with Gasteiger partial charge in [0.2, 0.25) is 0 Å². The van der Waals surface area contributed by atoms with Gasteiger partial charge in [0.1, 0.15) is 10.3 Å². The summed E-state index contributed by atoms with van der Waals surface area (Å²) in [7, 11) is 0. The Kier molecular flexibility index (Phi) is 0.543. The highest BCUT2D eigenvalue weighted by molar-refractivity contribution is 7.21. The van der Waals surface area contributed by atoms with Crippen LogP contribution in [0.3, 0.4) is 0 Å². The van der Waals surface area contributed by atoms with Crippen molar-refractivity contribution in [1.82, 2.24) is 9.97 Å². The maximum Gasteiger partial charge on any atom is 0.182 e. The van der Waals surface area contributed by atoms with Gasteiger partial charge in [-0.05, 0) is 12.1 Å². The van der Waals surface area contributed by atoms with Gasteiger partial charge in [-0.1, -0.05) is 11.3 Å². The summed E-state index contributed by atoms with van der Waals surface area (Å²) in [6.45, 7) is 0. The average Bonchev–Trinajstić information content (AvgIpc) is 2.57. The highest BCUT2D eigenvalue weighted by atomic mass is 32.1. The first kappa shape index (κ1) is 2.84. The van der Waals surface area contributed by atoms with Crippen LogP contribution in [0, 0.1) is 0 Å². The predicted molar refractivity (Wildman–Crippen MR) is 41.8 cm³/mol. The van der Waals surface area contributed by atoms with Crippen LogP contribution in [0.15, 0.2) is 18.3 Å². The SMILES string of the molecule is [2H]Nc1nc2c([2H])c([2H])c([2H])nc2s1. The minimum absolute atomic E-state index is 0.113. The summed E-state index contributed by atoms with van der Waals surface area (Å²) in [4.78, 5) is 8.10. The number of anilines is 1. The molecule has 0 spiro atoms. The number of nitrogens with two attached hydrogens (primary N) is 1. The molecule has 3 nitrogen and oxygen atoms in total. The Morgan fingerprint density at radius 2 is 2.80 bits per heavy atom. The molecule has 0 bridgehead atoms. The molecular weight excluding hydrogens is 146 g/mol. The molecule has 2 rings (SSSR count). The number of thiazole rings is 1. The first-order valence-electron chi connectivity index (χ1n) is 4.55. The van der Waals surface area contributed by atoms with E-state index in [-0.39, 0.29) is 23.8 Å². The van der Waals surface area contributed by atoms with Crippen LogP contribution in [0.2, 0.25) is 1.41 Å². The summed E-state index contributed by atoms with van der Waals surface area (Å²) in [6.07, 6.45) is -0.234. The zero-order valence-corrected chi connectivity index (χ0v) is 5.62. The van der Waals surface area contributed by atoms with E-state index in [1.54, 1.807) is 0 Å². The van der Waals surface area contributed by atoms with E-state index in [4.69, 9.17) is 5.52 Å². The number of hydrogen-bond donors (Lipinski definition) is 1. The second kappa shape index (κ2) is 1.91. The first-order chi connectivity index (χ1) is 6.63. The first-order valence-corrected chi connectivity index (χ1v) is 3.37. The molecule has 2 heterocycles. The van der Waals surface area contributed by atoms with Gasteiger partial charge in [0.15, 0.2) is 6.54 Å². The van der Waals surface area contributed by atoms with Gasteiger partial charge in [0.05, 0.1) is 4.11 Å². The standard InChI is InChI=1S/C6H5N3S/c7-6-9-4-2-1-3-8-5(4)10-6/h1-3H,(H2,7,9)/i1D,2D,3D/hD. The maximum atomic E-state index is 7.53. The molecule has 2 aromatic rings. The summed E-state index contributed by atoms with van der Waals surface area (Å²) < 4.78 is 29.0. The topological polar surface area (TPSA) is 51.8 Å². The molecule has 2 N–H and O–H groups in total. The van der Waals surface area contributed by atoms with E-state index >= 15 is 0 Å². The Balaban J connectivity index is 2.81. The Morgan fingerprint density at radius 3 is 3.70 bits per heavy atom. The molecule has 0 aliphatic heterocycles. The minimum atomic E-state index is -0.237. The lowest BCUT2D eigenvalue weighted by Gasteiger charge is -1.79. The van der Waals surface area contributed by atoms with Gasteiger partial charge in [-0.25, -0.2) is 9.97 Å². The quantitative estimate of drug-likeness (QED) is 0.674. The van der Waals surface area contributed by atoms with Crippen molar-refractivity contribution in [2.24, 2.45) is 0 Å². The second-order valence-corrected chi connectivity index (χ2v) is 2.62. The van der Waals surface area contributed by atoms with Crippen LogP contribution < -0.4 is 5.73 Å². The zero-order chi connectivity index (χ0) is 10.3. The molecule has 0 fully saturated rings. The van der Waals surface area contributed by atoms with Crippen molar-refractivity contribution >= 4 is 26.8 Å². The molecule has 0 saturated carbocycles. The number of rotatable bonds is 1. The molecule has 0 atom stereocenters. The van der Waals surface area contributed by atoms with Crippen LogP contribution in [-0.2, 0) is 0 Å². The van der Waals surface area contributed by atoms with Crippen LogP contribution in [-0.4, -0.2) is 9.97 Å². The number of pyridine rings is 1. The lowest BCUT2D eigenvalue weighted by atomic mass is 10.5. The average molecular weight is 155 g/mol. The van der Waals surface area contributed by atoms with Crippen LogP contribution in [0.1, 0.15) is 4.11 Å². The van der Waals surface area contributed by atoms with Crippen molar-refractivity contribution in [3.05, 3.63) is 18.3 Å². The van der Waals surface area contributed by atoms with Crippen LogP contribution in [0.5, 0.6) is 0 Å². The van der Waals surface area contributed by atoms with E-state index in [0.29, 0.717) is 9.96 Å². The van der Waals surface area contributed by atoms with Crippen molar-refractivity contribution in [1.29, 1.82) is 0 Å². The molecular formula is C6H5N3S. The van der Waals surface area contributed by atoms with Gasteiger partial charge in [0, 0.05) is 6.17 Å². The highest BCUT2D eigenvalue weighted by Gasteiger charge is 1.97. The second-order valence-electron chi connectivity index (χ2n) is 1.65. The Labute approximate surface area is 67.2 Å². The zero-order valence-electron chi connectivity index (χ0n) is 8.80. The van der Waals surface area contributed by atoms with Gasteiger partial charge in [-0.15, -0.1) is 0 Å². The van der Waals surface area contributed by atoms with Crippen molar-refractivity contribution in [2.45, 2.75) is 0 Å². The lowest BCUT2D eigenvalue weighted by Crippen LogP contribution is -1.78. The largest absolute Gasteiger partial charge is 0.375 e. The van der Waals surface area contributed by atoms with E-state index < -0.39 is 0 Å². The molecule has 0 amide bonds. The van der Waals surface area contributed by atoms with Crippen LogP contribution >= 0.6 is 11.3 Å². The molecule has 0 unspecified atom stereocenters. The molecule has 4 heteroatoms. The van der Waals surface area contributed by atoms with Gasteiger partial charge in [-0.2, -0.15) is 0 Å². The van der Waals surface area contributed by atoms with Crippen LogP contribution in [0.4, 0.5) is 5.13 Å². The normalized spacial score (nSPS) is 15.6. The van der Waals surface area contributed by atoms with E-state index in [2.05, 4.69) is 15.7 Å². The maximum absolute atomic E-state index is 7.53. The van der Waals surface area contributed by atoms with E-state index in [9.17, 15) is 0 Å². The van der Waals surface area contributed by atoms with Gasteiger partial charge in [0.25, 0.3) is 0 Å². The summed E-state index contributed by atoms with van der Waals surface area (Å²) in [5.74, 6) is 0. The fourth-order valence-corrected chi connectivity index (χ4v) is 1.24. The molecule has 50 valence electrons. The molecule has 2 aromatic heterocycles. The van der Waals surface area contributed by atoms with Crippen molar-refractivity contribution in [3.63, 3.8) is 0 Å². The van der Waals surface area contributed by atoms with Gasteiger partial charge < -0.3 is 5.73 Å². The third-order valence-corrected chi connectivity index (χ3v) is 1.77. The van der Waals surface area contributed by atoms with E-state index in [1.165, 1.54) is 0 Å². The summed E-state index contributed by atoms with van der Waals surface area (Å²) in [5, 5.41) is 0.311. The third-order valence-electron chi connectivity index (χ3n) is 1.00. The van der Waals surface area contributed by atoms with Gasteiger partial charge in [-0.3, -0.25) is 0 Å². The van der Waals surface area contributed by atoms with Crippen LogP contribution in [0.25, 0.3) is 10.3 Å². The Morgan fingerprint density at radius 1 is 1.80 bits per heavy atom. The minimum Gasteiger partial charge on any atom is -0.375 e. The fourth-order valence-electron chi connectivity index (χ4n) is 0.635. The number of fused-ring (bicyclic) bond motifs is 1. The van der Waals surface area contributed by atoms with E-state index in [0.717, 1.165) is 11.3 Å². The lowest BCUT2D eigenvalue weighted by molar-refractivity contribution is 1.41. The molecule has 0 aliphatic carbocycles. The monoisotopic (exact) mass is 155 g/mol. The Hall–Kier alpha value is -1.16. The number of aromatic nitrogens is 2. The van der Waals surface area contributed by atoms with Crippen molar-refractivity contribution < 1.29 is 5.52 Å². The summed E-state index contributed by atoms with van der Waals surface area (Å²) in [6, 6.07) is -0.350. The summed E-state index contributed by atoms with van der Waals surface area (Å²) >= 11 is 1.09. The molecule has 0 saturated heterocycles. The smallest absolute Gasteiger partial charge is 0.182 e. The Bertz CT molecular complexity index is 497. The molecule has 0 aliphatic rings. The third kappa shape index (κ3) is 0.733. The van der Waals surface area contributed by atoms with Crippen molar-refractivity contribution in [2.75, 3.05) is 5.73 Å². The number of hydrogen-bond acceptors (Lipinski definition) is 4. The highest BCUT2D eigenvalue weighted by Crippen LogP contribution is 2.19. The molecule has 0 radical (unpaired) electrons. The van der Waals surface area contributed by atoms with Gasteiger partial charge >= 0.3 is 0 Å². The molecule has 0 aromatic carbocycles. The predicted octanol–water partition coefficient (Wildman–Crippen LogP) is 1.27.